The molecule has 1 aliphatic heterocycles. The highest BCUT2D eigenvalue weighted by atomic mass is 32.2. The van der Waals surface area contributed by atoms with Gasteiger partial charge in [0, 0.05) is 12.6 Å². The smallest absolute Gasteiger partial charge is 0.208 e. The average Bonchev–Trinajstić information content (AvgIpc) is 1.82. The van der Waals surface area contributed by atoms with Crippen LogP contribution < -0.4 is 10.0 Å². The molecule has 0 aromatic rings. The lowest BCUT2D eigenvalue weighted by molar-refractivity contribution is 0.255. The van der Waals surface area contributed by atoms with Crippen LogP contribution in [0.15, 0.2) is 0 Å². The van der Waals surface area contributed by atoms with E-state index in [4.69, 9.17) is 0 Å². The van der Waals surface area contributed by atoms with Crippen LogP contribution in [0.1, 0.15) is 6.92 Å². The van der Waals surface area contributed by atoms with E-state index < -0.39 is 10.0 Å². The first kappa shape index (κ1) is 8.96. The Balaban J connectivity index is 2.23. The molecule has 2 N–H and O–H groups in total. The molecule has 1 heterocycles. The van der Waals surface area contributed by atoms with Gasteiger partial charge in [-0.1, -0.05) is 6.92 Å². The van der Waals surface area contributed by atoms with Crippen LogP contribution in [0.3, 0.4) is 0 Å². The van der Waals surface area contributed by atoms with Gasteiger partial charge in [0.2, 0.25) is 10.0 Å². The molecule has 0 amide bonds. The second-order valence-corrected chi connectivity index (χ2v) is 4.95. The Kier molecular flexibility index (Phi) is 2.51. The minimum absolute atomic E-state index is 0.324. The summed E-state index contributed by atoms with van der Waals surface area (Å²) in [5.41, 5.74) is 0. The van der Waals surface area contributed by atoms with E-state index in [0.717, 1.165) is 6.54 Å². The fourth-order valence-electron chi connectivity index (χ4n) is 1.03. The summed E-state index contributed by atoms with van der Waals surface area (Å²) in [6, 6.07) is 0.324. The fourth-order valence-corrected chi connectivity index (χ4v) is 1.52. The molecule has 5 heteroatoms. The van der Waals surface area contributed by atoms with E-state index in [9.17, 15) is 8.42 Å². The Morgan fingerprint density at radius 3 is 2.55 bits per heavy atom. The zero-order chi connectivity index (χ0) is 8.48. The van der Waals surface area contributed by atoms with Gasteiger partial charge in [-0.2, -0.15) is 0 Å². The third-order valence-electron chi connectivity index (χ3n) is 1.95. The Labute approximate surface area is 67.4 Å². The molecular formula is C6H14N2O2S. The summed E-state index contributed by atoms with van der Waals surface area (Å²) in [7, 11) is -3.01. The van der Waals surface area contributed by atoms with Gasteiger partial charge in [0.15, 0.2) is 0 Å². The fraction of sp³-hybridized carbons (Fsp3) is 1.00. The lowest BCUT2D eigenvalue weighted by Crippen LogP contribution is -2.56. The molecule has 1 fully saturated rings. The summed E-state index contributed by atoms with van der Waals surface area (Å²) >= 11 is 0. The molecular weight excluding hydrogens is 164 g/mol. The standard InChI is InChI=1S/C6H14N2O2S/c1-5-3-7-6(5)4-8-11(2,9)10/h5-8H,3-4H2,1-2H3/t5-,6-/m1/s1. The number of hydrogen-bond donors (Lipinski definition) is 2. The SMILES string of the molecule is C[C@@H]1CN[C@@H]1CNS(C)(=O)=O. The van der Waals surface area contributed by atoms with Crippen molar-refractivity contribution in [2.24, 2.45) is 5.92 Å². The molecule has 0 aliphatic carbocycles. The van der Waals surface area contributed by atoms with E-state index in [2.05, 4.69) is 17.0 Å². The number of hydrogen-bond acceptors (Lipinski definition) is 3. The van der Waals surface area contributed by atoms with Crippen molar-refractivity contribution < 1.29 is 8.42 Å². The van der Waals surface area contributed by atoms with Crippen molar-refractivity contribution in [1.29, 1.82) is 0 Å². The zero-order valence-corrected chi connectivity index (χ0v) is 7.61. The minimum atomic E-state index is -3.01. The van der Waals surface area contributed by atoms with Crippen molar-refractivity contribution in [3.8, 4) is 0 Å². The molecule has 11 heavy (non-hydrogen) atoms. The van der Waals surface area contributed by atoms with Gasteiger partial charge in [0.25, 0.3) is 0 Å². The molecule has 0 aromatic carbocycles. The van der Waals surface area contributed by atoms with Crippen LogP contribution in [0, 0.1) is 5.92 Å². The normalized spacial score (nSPS) is 31.5. The van der Waals surface area contributed by atoms with E-state index in [-0.39, 0.29) is 0 Å². The predicted octanol–water partition coefficient (Wildman–Crippen LogP) is -0.856. The van der Waals surface area contributed by atoms with Gasteiger partial charge >= 0.3 is 0 Å². The van der Waals surface area contributed by atoms with Crippen LogP contribution in [-0.4, -0.2) is 33.8 Å². The largest absolute Gasteiger partial charge is 0.312 e. The van der Waals surface area contributed by atoms with Crippen molar-refractivity contribution in [2.45, 2.75) is 13.0 Å². The van der Waals surface area contributed by atoms with Gasteiger partial charge in [0.1, 0.15) is 0 Å². The van der Waals surface area contributed by atoms with Crippen LogP contribution in [-0.2, 0) is 10.0 Å². The minimum Gasteiger partial charge on any atom is -0.312 e. The van der Waals surface area contributed by atoms with Crippen LogP contribution in [0.25, 0.3) is 0 Å². The molecule has 4 nitrogen and oxygen atoms in total. The van der Waals surface area contributed by atoms with Gasteiger partial charge in [0.05, 0.1) is 6.26 Å². The predicted molar refractivity (Wildman–Crippen MR) is 43.8 cm³/mol. The maximum atomic E-state index is 10.6. The molecule has 0 bridgehead atoms. The first-order valence-electron chi connectivity index (χ1n) is 3.67. The number of sulfonamides is 1. The molecule has 0 radical (unpaired) electrons. The Morgan fingerprint density at radius 1 is 1.64 bits per heavy atom. The Morgan fingerprint density at radius 2 is 2.27 bits per heavy atom. The second-order valence-electron chi connectivity index (χ2n) is 3.11. The molecule has 1 rings (SSSR count). The van der Waals surface area contributed by atoms with Crippen LogP contribution >= 0.6 is 0 Å². The van der Waals surface area contributed by atoms with Crippen molar-refractivity contribution in [2.75, 3.05) is 19.3 Å². The summed E-state index contributed by atoms with van der Waals surface area (Å²) in [6.45, 7) is 3.61. The highest BCUT2D eigenvalue weighted by Crippen LogP contribution is 2.10. The summed E-state index contributed by atoms with van der Waals surface area (Å²) < 4.78 is 23.8. The highest BCUT2D eigenvalue weighted by Gasteiger charge is 2.25. The lowest BCUT2D eigenvalue weighted by atomic mass is 9.94. The topological polar surface area (TPSA) is 58.2 Å². The van der Waals surface area contributed by atoms with Crippen LogP contribution in [0.4, 0.5) is 0 Å². The Hall–Kier alpha value is -0.130. The monoisotopic (exact) mass is 178 g/mol. The van der Waals surface area contributed by atoms with Crippen molar-refractivity contribution in [1.82, 2.24) is 10.0 Å². The van der Waals surface area contributed by atoms with E-state index in [1.807, 2.05) is 0 Å². The number of nitrogens with one attached hydrogen (secondary N) is 2. The van der Waals surface area contributed by atoms with Gasteiger partial charge < -0.3 is 5.32 Å². The van der Waals surface area contributed by atoms with Gasteiger partial charge in [-0.25, -0.2) is 13.1 Å². The second kappa shape index (κ2) is 3.08. The zero-order valence-electron chi connectivity index (χ0n) is 6.79. The molecule has 0 unspecified atom stereocenters. The maximum absolute atomic E-state index is 10.6. The van der Waals surface area contributed by atoms with Gasteiger partial charge in [-0.05, 0) is 12.5 Å². The van der Waals surface area contributed by atoms with Gasteiger partial charge in [-0.3, -0.25) is 0 Å². The van der Waals surface area contributed by atoms with E-state index in [0.29, 0.717) is 18.5 Å². The Bertz CT molecular complexity index is 225. The van der Waals surface area contributed by atoms with Crippen LogP contribution in [0.5, 0.6) is 0 Å². The quantitative estimate of drug-likeness (QED) is 0.591. The van der Waals surface area contributed by atoms with E-state index in [1.54, 1.807) is 0 Å². The maximum Gasteiger partial charge on any atom is 0.208 e. The highest BCUT2D eigenvalue weighted by molar-refractivity contribution is 7.88. The van der Waals surface area contributed by atoms with Crippen molar-refractivity contribution in [3.63, 3.8) is 0 Å². The molecule has 0 saturated carbocycles. The number of rotatable bonds is 3. The first-order valence-corrected chi connectivity index (χ1v) is 5.56. The average molecular weight is 178 g/mol. The summed E-state index contributed by atoms with van der Waals surface area (Å²) in [5, 5.41) is 3.14. The molecule has 1 aliphatic rings. The van der Waals surface area contributed by atoms with Crippen molar-refractivity contribution >= 4 is 10.0 Å². The molecule has 0 spiro atoms. The molecule has 66 valence electrons. The third-order valence-corrected chi connectivity index (χ3v) is 2.65. The third kappa shape index (κ3) is 2.76. The first-order chi connectivity index (χ1) is 4.99. The molecule has 0 aromatic heterocycles. The summed E-state index contributed by atoms with van der Waals surface area (Å²) in [6.07, 6.45) is 1.18. The van der Waals surface area contributed by atoms with E-state index in [1.165, 1.54) is 6.26 Å². The summed E-state index contributed by atoms with van der Waals surface area (Å²) in [5.74, 6) is 0.587. The summed E-state index contributed by atoms with van der Waals surface area (Å²) in [4.78, 5) is 0. The lowest BCUT2D eigenvalue weighted by Gasteiger charge is -2.35. The van der Waals surface area contributed by atoms with E-state index >= 15 is 0 Å². The van der Waals surface area contributed by atoms with Crippen molar-refractivity contribution in [3.05, 3.63) is 0 Å². The molecule has 2 atom stereocenters. The van der Waals surface area contributed by atoms with Gasteiger partial charge in [-0.15, -0.1) is 0 Å². The van der Waals surface area contributed by atoms with Crippen LogP contribution in [0.2, 0.25) is 0 Å². The molecule has 1 saturated heterocycles.